The molecule has 0 aliphatic carbocycles. The van der Waals surface area contributed by atoms with Crippen LogP contribution >= 0.6 is 0 Å². The van der Waals surface area contributed by atoms with Gasteiger partial charge >= 0.3 is 0 Å². The van der Waals surface area contributed by atoms with Crippen molar-refractivity contribution in [3.63, 3.8) is 0 Å². The topological polar surface area (TPSA) is 102 Å². The van der Waals surface area contributed by atoms with E-state index < -0.39 is 0 Å². The summed E-state index contributed by atoms with van der Waals surface area (Å²) in [5.74, 6) is 0. The van der Waals surface area contributed by atoms with Crippen LogP contribution in [0.5, 0.6) is 0 Å². The lowest BCUT2D eigenvalue weighted by atomic mass is 10.0. The monoisotopic (exact) mass is 893 g/mol. The Morgan fingerprint density at radius 3 is 1.04 bits per heavy atom. The largest absolute Gasteiger partial charge is 0.454 e. The highest BCUT2D eigenvalue weighted by Gasteiger charge is 2.31. The van der Waals surface area contributed by atoms with Crippen LogP contribution in [0, 0.1) is 22.7 Å². The molecule has 8 nitrogen and oxygen atoms in total. The Hall–Kier alpha value is -10.0. The van der Waals surface area contributed by atoms with Crippen molar-refractivity contribution >= 4 is 131 Å². The SMILES string of the molecule is N#Cc1c(-n2c3ccccc3c3ccc4c5ccccc5oc4c32)cc(-n2c3ccccc3c3ccc4c5ccccc5oc4c32)c(-n2c3ccccc3c3ccc4c5ccccc5oc4c32)c1C#N. The summed E-state index contributed by atoms with van der Waals surface area (Å²) in [4.78, 5) is 0. The number of nitrogens with zero attached hydrogens (tertiary/aromatic N) is 5. The third-order valence-electron chi connectivity index (χ3n) is 14.7. The molecule has 8 heteroatoms. The molecule has 0 saturated heterocycles. The molecule has 6 aromatic heterocycles. The summed E-state index contributed by atoms with van der Waals surface area (Å²) in [7, 11) is 0. The first-order valence-electron chi connectivity index (χ1n) is 23.2. The number of benzene rings is 10. The van der Waals surface area contributed by atoms with Gasteiger partial charge in [0.15, 0.2) is 16.7 Å². The molecule has 322 valence electrons. The van der Waals surface area contributed by atoms with Crippen molar-refractivity contribution in [3.8, 4) is 29.2 Å². The molecule has 0 spiro atoms. The first-order valence-corrected chi connectivity index (χ1v) is 23.2. The zero-order valence-corrected chi connectivity index (χ0v) is 36.9. The van der Waals surface area contributed by atoms with Crippen molar-refractivity contribution < 1.29 is 13.3 Å². The minimum Gasteiger partial charge on any atom is -0.454 e. The Labute approximate surface area is 395 Å². The second kappa shape index (κ2) is 13.3. The maximum Gasteiger partial charge on any atom is 0.160 e. The summed E-state index contributed by atoms with van der Waals surface area (Å²) in [6, 6.07) is 69.4. The average molecular weight is 894 g/mol. The van der Waals surface area contributed by atoms with E-state index in [1.54, 1.807) is 0 Å². The molecule has 0 saturated carbocycles. The third kappa shape index (κ3) is 4.57. The molecule has 6 heterocycles. The fourth-order valence-corrected chi connectivity index (χ4v) is 11.9. The number of para-hydroxylation sites is 6. The van der Waals surface area contributed by atoms with Crippen molar-refractivity contribution in [3.05, 3.63) is 199 Å². The van der Waals surface area contributed by atoms with Crippen LogP contribution in [-0.2, 0) is 0 Å². The summed E-state index contributed by atoms with van der Waals surface area (Å²) in [5, 5.41) is 35.6. The van der Waals surface area contributed by atoms with Crippen LogP contribution in [0.3, 0.4) is 0 Å². The van der Waals surface area contributed by atoms with Gasteiger partial charge in [-0.05, 0) is 60.7 Å². The highest BCUT2D eigenvalue weighted by molar-refractivity contribution is 6.25. The lowest BCUT2D eigenvalue weighted by Gasteiger charge is -2.22. The highest BCUT2D eigenvalue weighted by Crippen LogP contribution is 2.48. The molecule has 70 heavy (non-hydrogen) atoms. The quantitative estimate of drug-likeness (QED) is 0.176. The number of aromatic nitrogens is 3. The van der Waals surface area contributed by atoms with E-state index in [0.29, 0.717) is 33.8 Å². The zero-order valence-electron chi connectivity index (χ0n) is 36.9. The predicted octanol–water partition coefficient (Wildman–Crippen LogP) is 16.4. The Morgan fingerprint density at radius 1 is 0.300 bits per heavy atom. The number of nitriles is 2. The van der Waals surface area contributed by atoms with E-state index in [2.05, 4.69) is 129 Å². The van der Waals surface area contributed by atoms with Crippen molar-refractivity contribution in [2.45, 2.75) is 0 Å². The van der Waals surface area contributed by atoms with Gasteiger partial charge in [0.05, 0.1) is 61.3 Å². The molecule has 0 aliphatic rings. The molecule has 0 N–H and O–H groups in total. The lowest BCUT2D eigenvalue weighted by Crippen LogP contribution is -2.11. The molecule has 0 fully saturated rings. The first-order chi connectivity index (χ1) is 34.7. The average Bonchev–Trinajstić information content (AvgIpc) is 4.26. The van der Waals surface area contributed by atoms with E-state index in [0.717, 1.165) is 114 Å². The molecular formula is C62H31N5O3. The molecule has 0 amide bonds. The molecule has 16 rings (SSSR count). The number of furan rings is 3. The summed E-state index contributed by atoms with van der Waals surface area (Å²) < 4.78 is 27.2. The highest BCUT2D eigenvalue weighted by atomic mass is 16.3. The summed E-state index contributed by atoms with van der Waals surface area (Å²) in [6.45, 7) is 0. The van der Waals surface area contributed by atoms with Gasteiger partial charge in [0, 0.05) is 64.6 Å². The van der Waals surface area contributed by atoms with Crippen molar-refractivity contribution in [2.24, 2.45) is 0 Å². The van der Waals surface area contributed by atoms with Crippen LogP contribution in [0.25, 0.3) is 148 Å². The normalized spacial score (nSPS) is 12.3. The van der Waals surface area contributed by atoms with Crippen LogP contribution in [0.2, 0.25) is 0 Å². The van der Waals surface area contributed by atoms with Crippen molar-refractivity contribution in [2.75, 3.05) is 0 Å². The fourth-order valence-electron chi connectivity index (χ4n) is 11.9. The lowest BCUT2D eigenvalue weighted by molar-refractivity contribution is 0.670. The summed E-state index contributed by atoms with van der Waals surface area (Å²) in [5.41, 5.74) is 11.6. The first kappa shape index (κ1) is 37.1. The van der Waals surface area contributed by atoms with Gasteiger partial charge in [0.25, 0.3) is 0 Å². The molecule has 16 aromatic rings. The van der Waals surface area contributed by atoms with Gasteiger partial charge in [-0.15, -0.1) is 0 Å². The minimum atomic E-state index is 0.205. The van der Waals surface area contributed by atoms with Crippen LogP contribution in [0.15, 0.2) is 201 Å². The predicted molar refractivity (Wildman–Crippen MR) is 281 cm³/mol. The van der Waals surface area contributed by atoms with Crippen LogP contribution < -0.4 is 0 Å². The Morgan fingerprint density at radius 2 is 0.629 bits per heavy atom. The van der Waals surface area contributed by atoms with E-state index in [9.17, 15) is 10.5 Å². The molecule has 0 aliphatic heterocycles. The number of hydrogen-bond donors (Lipinski definition) is 0. The van der Waals surface area contributed by atoms with E-state index in [1.165, 1.54) is 0 Å². The van der Waals surface area contributed by atoms with Crippen LogP contribution in [0.4, 0.5) is 0 Å². The van der Waals surface area contributed by atoms with Gasteiger partial charge in [-0.25, -0.2) is 0 Å². The number of fused-ring (bicyclic) bond motifs is 21. The molecular weight excluding hydrogens is 863 g/mol. The summed E-state index contributed by atoms with van der Waals surface area (Å²) in [6.07, 6.45) is 0. The summed E-state index contributed by atoms with van der Waals surface area (Å²) >= 11 is 0. The fraction of sp³-hybridized carbons (Fsp3) is 0. The molecule has 0 atom stereocenters. The molecule has 10 aromatic carbocycles. The van der Waals surface area contributed by atoms with Crippen molar-refractivity contribution in [1.82, 2.24) is 13.7 Å². The van der Waals surface area contributed by atoms with Crippen LogP contribution in [-0.4, -0.2) is 13.7 Å². The molecule has 0 bridgehead atoms. The van der Waals surface area contributed by atoms with Gasteiger partial charge in [-0.3, -0.25) is 0 Å². The standard InChI is InChI=1S/C62H31N5O3/c63-32-46-47(33-64)56(67-50-21-9-3-15-36(50)42-27-30-45-39-18-6-12-24-55(39)70-62(45)59(42)67)52(66-49-20-8-2-14-35(49)41-26-29-44-38-17-5-11-23-54(38)69-61(44)58(41)66)31-51(46)65-48-19-7-1-13-34(48)40-25-28-43-37-16-4-10-22-53(37)68-60(43)57(40)65/h1-31H. The Bertz CT molecular complexity index is 5110. The van der Waals surface area contributed by atoms with E-state index in [1.807, 2.05) is 84.9 Å². The minimum absolute atomic E-state index is 0.205. The number of rotatable bonds is 3. The number of hydrogen-bond acceptors (Lipinski definition) is 5. The van der Waals surface area contributed by atoms with Gasteiger partial charge in [-0.1, -0.05) is 127 Å². The second-order valence-corrected chi connectivity index (χ2v) is 18.1. The van der Waals surface area contributed by atoms with Gasteiger partial charge in [-0.2, -0.15) is 10.5 Å². The maximum atomic E-state index is 12.0. The van der Waals surface area contributed by atoms with Gasteiger partial charge < -0.3 is 27.0 Å². The van der Waals surface area contributed by atoms with Crippen molar-refractivity contribution in [1.29, 1.82) is 10.5 Å². The Balaban J connectivity index is 1.17. The zero-order chi connectivity index (χ0) is 45.9. The third-order valence-corrected chi connectivity index (χ3v) is 14.7. The van der Waals surface area contributed by atoms with E-state index in [4.69, 9.17) is 13.3 Å². The molecule has 0 radical (unpaired) electrons. The Kier molecular flexibility index (Phi) is 7.06. The second-order valence-electron chi connectivity index (χ2n) is 18.1. The van der Waals surface area contributed by atoms with E-state index in [-0.39, 0.29) is 11.1 Å². The van der Waals surface area contributed by atoms with Gasteiger partial charge in [0.2, 0.25) is 0 Å². The molecule has 0 unspecified atom stereocenters. The van der Waals surface area contributed by atoms with E-state index >= 15 is 0 Å². The van der Waals surface area contributed by atoms with Gasteiger partial charge in [0.1, 0.15) is 28.9 Å². The maximum absolute atomic E-state index is 12.0. The smallest absolute Gasteiger partial charge is 0.160 e. The van der Waals surface area contributed by atoms with Crippen LogP contribution in [0.1, 0.15) is 11.1 Å².